The average molecular weight is 268 g/mol. The number of hydrogen-bond acceptors (Lipinski definition) is 1. The Kier molecular flexibility index (Phi) is 4.00. The van der Waals surface area contributed by atoms with Gasteiger partial charge in [-0.05, 0) is 30.7 Å². The first-order valence-corrected chi connectivity index (χ1v) is 5.19. The molecule has 0 aromatic heterocycles. The first-order valence-electron chi connectivity index (χ1n) is 5.19. The van der Waals surface area contributed by atoms with E-state index < -0.39 is 29.3 Å². The molecule has 6 heteroatoms. The van der Waals surface area contributed by atoms with Crippen LogP contribution in [0.1, 0.15) is 36.6 Å². The van der Waals surface area contributed by atoms with E-state index in [-0.39, 0.29) is 5.56 Å². The largest absolute Gasteiger partial charge is 0.416 e. The maximum Gasteiger partial charge on any atom is 0.416 e. The average Bonchev–Trinajstić information content (AvgIpc) is 2.25. The van der Waals surface area contributed by atoms with Crippen molar-refractivity contribution in [3.63, 3.8) is 0 Å². The zero-order valence-corrected chi connectivity index (χ0v) is 10.1. The van der Waals surface area contributed by atoms with Gasteiger partial charge < -0.3 is 4.74 Å². The summed E-state index contributed by atoms with van der Waals surface area (Å²) in [5.41, 5.74) is -1.69. The number of alkyl halides is 5. The van der Waals surface area contributed by atoms with Crippen molar-refractivity contribution in [1.29, 1.82) is 0 Å². The van der Waals surface area contributed by atoms with E-state index in [1.165, 1.54) is 14.0 Å². The molecule has 1 nitrogen and oxygen atoms in total. The van der Waals surface area contributed by atoms with Crippen LogP contribution >= 0.6 is 0 Å². The highest BCUT2D eigenvalue weighted by atomic mass is 19.4. The fourth-order valence-electron chi connectivity index (χ4n) is 1.44. The van der Waals surface area contributed by atoms with E-state index in [1.54, 1.807) is 0 Å². The van der Waals surface area contributed by atoms with Crippen molar-refractivity contribution in [1.82, 2.24) is 0 Å². The van der Waals surface area contributed by atoms with Crippen LogP contribution in [-0.4, -0.2) is 7.11 Å². The second-order valence-electron chi connectivity index (χ2n) is 4.11. The van der Waals surface area contributed by atoms with Gasteiger partial charge in [0.1, 0.15) is 0 Å². The van der Waals surface area contributed by atoms with Crippen LogP contribution in [0.3, 0.4) is 0 Å². The molecule has 1 aromatic rings. The highest BCUT2D eigenvalue weighted by Crippen LogP contribution is 2.36. The Morgan fingerprint density at radius 1 is 1.00 bits per heavy atom. The summed E-state index contributed by atoms with van der Waals surface area (Å²) in [6.45, 7) is 2.05. The van der Waals surface area contributed by atoms with Crippen molar-refractivity contribution in [3.05, 3.63) is 34.9 Å². The molecule has 0 radical (unpaired) electrons. The van der Waals surface area contributed by atoms with Gasteiger partial charge in [-0.2, -0.15) is 13.2 Å². The van der Waals surface area contributed by atoms with Crippen LogP contribution in [-0.2, 0) is 16.8 Å². The minimum atomic E-state index is -4.66. The highest BCUT2D eigenvalue weighted by Gasteiger charge is 2.34. The lowest BCUT2D eigenvalue weighted by Gasteiger charge is -2.18. The molecule has 1 aromatic carbocycles. The zero-order chi connectivity index (χ0) is 14.1. The lowest BCUT2D eigenvalue weighted by atomic mass is 9.99. The second kappa shape index (κ2) is 4.84. The van der Waals surface area contributed by atoms with Crippen LogP contribution in [0.15, 0.2) is 18.2 Å². The second-order valence-corrected chi connectivity index (χ2v) is 4.11. The van der Waals surface area contributed by atoms with Gasteiger partial charge in [-0.25, -0.2) is 8.78 Å². The van der Waals surface area contributed by atoms with Crippen molar-refractivity contribution in [3.8, 4) is 0 Å². The summed E-state index contributed by atoms with van der Waals surface area (Å²) in [7, 11) is 1.30. The molecular weight excluding hydrogens is 255 g/mol. The van der Waals surface area contributed by atoms with E-state index in [2.05, 4.69) is 0 Å². The van der Waals surface area contributed by atoms with Crippen LogP contribution in [0.4, 0.5) is 22.0 Å². The van der Waals surface area contributed by atoms with Crippen molar-refractivity contribution >= 4 is 0 Å². The van der Waals surface area contributed by atoms with E-state index in [9.17, 15) is 22.0 Å². The van der Waals surface area contributed by atoms with Crippen molar-refractivity contribution in [2.75, 3.05) is 7.11 Å². The van der Waals surface area contributed by atoms with Crippen LogP contribution in [0.5, 0.6) is 0 Å². The number of hydrogen-bond donors (Lipinski definition) is 0. The molecule has 0 bridgehead atoms. The molecule has 0 spiro atoms. The molecule has 0 saturated heterocycles. The minimum absolute atomic E-state index is 0.0730. The third-order valence-corrected chi connectivity index (χ3v) is 2.61. The first-order chi connectivity index (χ1) is 8.05. The van der Waals surface area contributed by atoms with Gasteiger partial charge in [-0.3, -0.25) is 0 Å². The lowest BCUT2D eigenvalue weighted by Crippen LogP contribution is -2.13. The van der Waals surface area contributed by atoms with E-state index in [4.69, 9.17) is 4.74 Å². The predicted octanol–water partition coefficient (Wildman–Crippen LogP) is 4.52. The highest BCUT2D eigenvalue weighted by molar-refractivity contribution is 5.35. The Hall–Kier alpha value is -1.17. The molecule has 0 fully saturated rings. The summed E-state index contributed by atoms with van der Waals surface area (Å²) in [6, 6.07) is 2.32. The van der Waals surface area contributed by atoms with Gasteiger partial charge in [-0.15, -0.1) is 0 Å². The maximum absolute atomic E-state index is 13.2. The molecule has 0 aliphatic rings. The van der Waals surface area contributed by atoms with Crippen molar-refractivity contribution in [2.24, 2.45) is 0 Å². The molecule has 1 unspecified atom stereocenters. The van der Waals surface area contributed by atoms with Crippen LogP contribution in [0, 0.1) is 0 Å². The van der Waals surface area contributed by atoms with Crippen LogP contribution < -0.4 is 0 Å². The fraction of sp³-hybridized carbons (Fsp3) is 0.500. The summed E-state index contributed by atoms with van der Waals surface area (Å²) >= 11 is 0. The van der Waals surface area contributed by atoms with Gasteiger partial charge in [0.05, 0.1) is 11.7 Å². The molecule has 1 rings (SSSR count). The van der Waals surface area contributed by atoms with Gasteiger partial charge in [0, 0.05) is 19.6 Å². The van der Waals surface area contributed by atoms with E-state index in [0.717, 1.165) is 12.1 Å². The normalized spacial score (nSPS) is 14.7. The summed E-state index contributed by atoms with van der Waals surface area (Å²) in [5.74, 6) is -3.33. The number of methoxy groups -OCH3 is 1. The zero-order valence-electron chi connectivity index (χ0n) is 10.1. The number of benzene rings is 1. The van der Waals surface area contributed by atoms with E-state index >= 15 is 0 Å². The molecule has 0 amide bonds. The smallest absolute Gasteiger partial charge is 0.377 e. The Balaban J connectivity index is 3.39. The topological polar surface area (TPSA) is 9.23 Å². The summed E-state index contributed by atoms with van der Waals surface area (Å²) in [5, 5.41) is 0. The van der Waals surface area contributed by atoms with Gasteiger partial charge in [0.2, 0.25) is 0 Å². The number of halogens is 5. The molecule has 0 N–H and O–H groups in total. The Bertz CT molecular complexity index is 387. The minimum Gasteiger partial charge on any atom is -0.377 e. The fourth-order valence-corrected chi connectivity index (χ4v) is 1.44. The van der Waals surface area contributed by atoms with Crippen molar-refractivity contribution in [2.45, 2.75) is 32.1 Å². The maximum atomic E-state index is 13.2. The van der Waals surface area contributed by atoms with Crippen LogP contribution in [0.25, 0.3) is 0 Å². The van der Waals surface area contributed by atoms with Gasteiger partial charge >= 0.3 is 6.18 Å². The number of ether oxygens (including phenoxy) is 1. The summed E-state index contributed by atoms with van der Waals surface area (Å²) < 4.78 is 69.0. The quantitative estimate of drug-likeness (QED) is 0.732. The molecule has 102 valence electrons. The van der Waals surface area contributed by atoms with Crippen LogP contribution in [0.2, 0.25) is 0 Å². The first kappa shape index (κ1) is 14.9. The molecule has 18 heavy (non-hydrogen) atoms. The third-order valence-electron chi connectivity index (χ3n) is 2.61. The molecule has 1 atom stereocenters. The SMILES string of the molecule is COC(C)c1cc(C(C)(F)F)cc(C(F)(F)F)c1. The Morgan fingerprint density at radius 3 is 1.89 bits per heavy atom. The molecule has 0 aliphatic heterocycles. The molecule has 0 heterocycles. The summed E-state index contributed by atoms with van der Waals surface area (Å²) in [4.78, 5) is 0. The van der Waals surface area contributed by atoms with E-state index in [0.29, 0.717) is 13.0 Å². The van der Waals surface area contributed by atoms with Gasteiger partial charge in [0.15, 0.2) is 0 Å². The number of rotatable bonds is 3. The molecule has 0 aliphatic carbocycles. The van der Waals surface area contributed by atoms with Gasteiger partial charge in [-0.1, -0.05) is 0 Å². The molecule has 0 saturated carbocycles. The summed E-state index contributed by atoms with van der Waals surface area (Å²) in [6.07, 6.45) is -5.35. The predicted molar refractivity (Wildman–Crippen MR) is 56.4 cm³/mol. The van der Waals surface area contributed by atoms with Crippen molar-refractivity contribution < 1.29 is 26.7 Å². The third kappa shape index (κ3) is 3.41. The Morgan fingerprint density at radius 2 is 1.50 bits per heavy atom. The Labute approximate surface area is 102 Å². The van der Waals surface area contributed by atoms with Gasteiger partial charge in [0.25, 0.3) is 5.92 Å². The lowest BCUT2D eigenvalue weighted by molar-refractivity contribution is -0.137. The molecular formula is C12H13F5O. The monoisotopic (exact) mass is 268 g/mol. The van der Waals surface area contributed by atoms with E-state index in [1.807, 2.05) is 0 Å². The standard InChI is InChI=1S/C12H13F5O/c1-7(18-3)8-4-9(11(2,13)14)6-10(5-8)12(15,16)17/h4-7H,1-3H3.